The maximum Gasteiger partial charge on any atom is 0.326 e. The number of nitrogens with one attached hydrogen (secondary N) is 5. The average Bonchev–Trinajstić information content (AvgIpc) is 3.77. The summed E-state index contributed by atoms with van der Waals surface area (Å²) in [6, 6.07) is 11.3. The van der Waals surface area contributed by atoms with Gasteiger partial charge in [0.15, 0.2) is 0 Å². The first-order chi connectivity index (χ1) is 31.3. The van der Waals surface area contributed by atoms with Crippen molar-refractivity contribution in [2.24, 2.45) is 17.4 Å². The highest BCUT2D eigenvalue weighted by molar-refractivity contribution is 5.93. The number of amides is 5. The third-order valence-corrected chi connectivity index (χ3v) is 12.6. The number of rotatable bonds is 26. The molecule has 2 aliphatic heterocycles. The summed E-state index contributed by atoms with van der Waals surface area (Å²) in [6.07, 6.45) is 5.23. The zero-order valence-corrected chi connectivity index (χ0v) is 38.7. The second-order valence-corrected chi connectivity index (χ2v) is 17.7. The zero-order chi connectivity index (χ0) is 48.7. The number of aliphatic carboxylic acids is 2. The normalized spacial score (nSPS) is 19.6. The van der Waals surface area contributed by atoms with E-state index in [4.69, 9.17) is 11.5 Å². The van der Waals surface area contributed by atoms with Gasteiger partial charge in [0.05, 0.1) is 12.6 Å². The average molecular weight is 913 g/mol. The fourth-order valence-corrected chi connectivity index (χ4v) is 8.69. The van der Waals surface area contributed by atoms with Crippen molar-refractivity contribution in [3.63, 3.8) is 0 Å². The van der Waals surface area contributed by atoms with E-state index in [1.165, 1.54) is 5.57 Å². The van der Waals surface area contributed by atoms with Crippen LogP contribution in [0.15, 0.2) is 90.2 Å². The monoisotopic (exact) mass is 913 g/mol. The molecule has 8 atom stereocenters. The zero-order valence-electron chi connectivity index (χ0n) is 38.7. The minimum Gasteiger partial charge on any atom is -0.481 e. The largest absolute Gasteiger partial charge is 0.481 e. The number of likely N-dealkylation sites (tertiary alicyclic amines) is 1. The van der Waals surface area contributed by atoms with Crippen LogP contribution in [-0.4, -0.2) is 99.5 Å². The first kappa shape index (κ1) is 52.1. The summed E-state index contributed by atoms with van der Waals surface area (Å²) in [7, 11) is 0. The van der Waals surface area contributed by atoms with E-state index in [9.17, 15) is 39.0 Å². The van der Waals surface area contributed by atoms with Crippen molar-refractivity contribution in [3.8, 4) is 0 Å². The van der Waals surface area contributed by atoms with Crippen LogP contribution in [0.25, 0.3) is 0 Å². The second-order valence-electron chi connectivity index (χ2n) is 17.7. The lowest BCUT2D eigenvalue weighted by Crippen LogP contribution is -2.58. The molecule has 17 nitrogen and oxygen atoms in total. The van der Waals surface area contributed by atoms with Gasteiger partial charge >= 0.3 is 11.9 Å². The van der Waals surface area contributed by atoms with Gasteiger partial charge in [0.25, 0.3) is 0 Å². The first-order valence-electron chi connectivity index (χ1n) is 22.6. The Bertz CT molecular complexity index is 2160. The van der Waals surface area contributed by atoms with E-state index in [-0.39, 0.29) is 44.6 Å². The Kier molecular flexibility index (Phi) is 19.1. The molecule has 0 unspecified atom stereocenters. The third-order valence-electron chi connectivity index (χ3n) is 12.6. The molecule has 2 aromatic rings. The number of nitrogens with zero attached hydrogens (tertiary/aromatic N) is 1. The van der Waals surface area contributed by atoms with Crippen molar-refractivity contribution in [2.75, 3.05) is 11.9 Å². The van der Waals surface area contributed by atoms with Gasteiger partial charge in [0.2, 0.25) is 29.5 Å². The number of hydrogen-bond acceptors (Lipinski definition) is 10. The number of para-hydroxylation sites is 1. The number of allylic oxidation sites excluding steroid dienone is 4. The Hall–Kier alpha value is -6.49. The molecule has 66 heavy (non-hydrogen) atoms. The topological polar surface area (TPSA) is 275 Å². The molecule has 17 heteroatoms. The van der Waals surface area contributed by atoms with Crippen molar-refractivity contribution in [1.82, 2.24) is 26.2 Å². The number of carboxylic acids is 2. The number of primary amides is 1. The van der Waals surface area contributed by atoms with E-state index in [1.54, 1.807) is 0 Å². The third kappa shape index (κ3) is 13.8. The summed E-state index contributed by atoms with van der Waals surface area (Å²) in [5, 5.41) is 34.2. The number of anilines is 1. The van der Waals surface area contributed by atoms with Gasteiger partial charge in [-0.05, 0) is 88.8 Å². The van der Waals surface area contributed by atoms with Gasteiger partial charge < -0.3 is 53.2 Å². The Morgan fingerprint density at radius 2 is 1.52 bits per heavy atom. The van der Waals surface area contributed by atoms with Gasteiger partial charge in [-0.15, -0.1) is 0 Å². The summed E-state index contributed by atoms with van der Waals surface area (Å²) in [5.74, 6) is -6.36. The fraction of sp³-hybridized carbons (Fsp3) is 0.490. The molecule has 2 aliphatic rings. The quantitative estimate of drug-likeness (QED) is 0.0611. The van der Waals surface area contributed by atoms with Crippen molar-refractivity contribution in [2.45, 2.75) is 141 Å². The number of fused-ring (bicyclic) bond motifs is 3. The highest BCUT2D eigenvalue weighted by Gasteiger charge is 2.59. The van der Waals surface area contributed by atoms with E-state index in [1.807, 2.05) is 87.2 Å². The molecule has 11 N–H and O–H groups in total. The molecule has 0 radical (unpaired) electrons. The Morgan fingerprint density at radius 3 is 2.14 bits per heavy atom. The predicted molar refractivity (Wildman–Crippen MR) is 251 cm³/mol. The van der Waals surface area contributed by atoms with Gasteiger partial charge in [-0.2, -0.15) is 0 Å². The van der Waals surface area contributed by atoms with Crippen LogP contribution in [0, 0.1) is 5.92 Å². The van der Waals surface area contributed by atoms with Crippen molar-refractivity contribution in [3.05, 3.63) is 101 Å². The molecular formula is C49H68N8O9. The molecule has 0 aliphatic carbocycles. The van der Waals surface area contributed by atoms with Crippen molar-refractivity contribution >= 4 is 47.2 Å². The molecule has 1 saturated heterocycles. The Labute approximate surface area is 387 Å². The smallest absolute Gasteiger partial charge is 0.326 e. The number of carbonyl (C=O) groups is 7. The number of nitrogens with two attached hydrogens (primary N) is 2. The standard InChI is InChI=1S/C49H68N8O9/c1-7-31(5)43(56-41(59)28-50)46(64)54-38(26-33-16-9-8-10-17-33)32(6)57-39(45(63)52-36(21-23-42(60)61)44(62)53-37(47(65)66)20-22-40(51)58)27-49(25-24-30(4)15-13-14-29(2)3)34-18-11-12-19-35(34)55-48(49)57/h8-12,14,16-19,24,31,36-39,43,48,55H,6-7,13,15,20-23,25-28,50H2,1-5H3,(H2,51,58)(H,52,63)(H,53,62)(H,54,64)(H,56,59)(H,60,61)(H,65,66)/b30-24+/t31-,36-,37-,38-,39-,43-,48+,49+/m0/s1. The molecule has 2 aromatic carbocycles. The maximum atomic E-state index is 15.1. The van der Waals surface area contributed by atoms with E-state index in [0.717, 1.165) is 35.2 Å². The van der Waals surface area contributed by atoms with Crippen molar-refractivity contribution < 1.29 is 43.8 Å². The molecular weight excluding hydrogens is 845 g/mol. The molecule has 5 amide bonds. The summed E-state index contributed by atoms with van der Waals surface area (Å²) < 4.78 is 0. The lowest BCUT2D eigenvalue weighted by Gasteiger charge is -2.39. The lowest BCUT2D eigenvalue weighted by molar-refractivity contribution is -0.143. The molecule has 4 rings (SSSR count). The summed E-state index contributed by atoms with van der Waals surface area (Å²) >= 11 is 0. The summed E-state index contributed by atoms with van der Waals surface area (Å²) in [5.41, 5.74) is 15.5. The van der Waals surface area contributed by atoms with Crippen LogP contribution in [0.2, 0.25) is 0 Å². The summed E-state index contributed by atoms with van der Waals surface area (Å²) in [6.45, 7) is 14.2. The van der Waals surface area contributed by atoms with Gasteiger partial charge in [0, 0.05) is 29.6 Å². The SMILES string of the molecule is C=C([C@H](Cc1ccccc1)NC(=O)[C@@H](NC(=O)CN)[C@@H](C)CC)N1[C@H]2Nc3ccccc3[C@@]2(C/C=C(\C)CCC=C(C)C)C[C@H]1C(=O)N[C@@H](CCC(=O)O)C(=O)N[C@@H](CCC(N)=O)C(=O)O. The van der Waals surface area contributed by atoms with Gasteiger partial charge in [-0.25, -0.2) is 4.79 Å². The molecule has 1 fully saturated rings. The van der Waals surface area contributed by atoms with E-state index in [0.29, 0.717) is 18.5 Å². The number of carboxylic acid groups (broad SMARTS) is 2. The van der Waals surface area contributed by atoms with Crippen LogP contribution >= 0.6 is 0 Å². The van der Waals surface area contributed by atoms with Crippen LogP contribution in [0.1, 0.15) is 104 Å². The van der Waals surface area contributed by atoms with E-state index >= 15 is 4.79 Å². The Morgan fingerprint density at radius 1 is 0.864 bits per heavy atom. The van der Waals surface area contributed by atoms with Crippen molar-refractivity contribution in [1.29, 1.82) is 0 Å². The first-order valence-corrected chi connectivity index (χ1v) is 22.6. The summed E-state index contributed by atoms with van der Waals surface area (Å²) in [4.78, 5) is 93.2. The highest BCUT2D eigenvalue weighted by Crippen LogP contribution is 2.54. The Balaban J connectivity index is 1.86. The molecule has 0 saturated carbocycles. The lowest BCUT2D eigenvalue weighted by atomic mass is 9.74. The van der Waals surface area contributed by atoms with Crippen LogP contribution in [0.3, 0.4) is 0 Å². The molecule has 358 valence electrons. The van der Waals surface area contributed by atoms with Crippen LogP contribution in [0.4, 0.5) is 5.69 Å². The molecule has 0 aromatic heterocycles. The van der Waals surface area contributed by atoms with E-state index in [2.05, 4.69) is 52.2 Å². The van der Waals surface area contributed by atoms with Gasteiger partial charge in [-0.3, -0.25) is 28.8 Å². The minimum absolute atomic E-state index is 0.183. The number of carbonyl (C=O) groups excluding carboxylic acids is 5. The second kappa shape index (κ2) is 24.2. The van der Waals surface area contributed by atoms with Crippen LogP contribution in [0.5, 0.6) is 0 Å². The molecule has 0 spiro atoms. The van der Waals surface area contributed by atoms with Crippen LogP contribution < -0.4 is 38.1 Å². The van der Waals surface area contributed by atoms with E-state index < -0.39 is 89.7 Å². The number of hydrogen-bond donors (Lipinski definition) is 9. The fourth-order valence-electron chi connectivity index (χ4n) is 8.69. The minimum atomic E-state index is -1.55. The number of benzene rings is 2. The van der Waals surface area contributed by atoms with Gasteiger partial charge in [-0.1, -0.05) is 98.7 Å². The van der Waals surface area contributed by atoms with Crippen LogP contribution in [-0.2, 0) is 45.4 Å². The highest BCUT2D eigenvalue weighted by atomic mass is 16.4. The molecule has 2 heterocycles. The molecule has 0 bridgehead atoms. The maximum absolute atomic E-state index is 15.1. The van der Waals surface area contributed by atoms with Gasteiger partial charge in [0.1, 0.15) is 30.3 Å². The predicted octanol–water partition coefficient (Wildman–Crippen LogP) is 3.75.